The van der Waals surface area contributed by atoms with Crippen molar-refractivity contribution in [2.24, 2.45) is 0 Å². The van der Waals surface area contributed by atoms with Crippen LogP contribution in [0.5, 0.6) is 0 Å². The second-order valence-corrected chi connectivity index (χ2v) is 15.2. The molecule has 0 amide bonds. The van der Waals surface area contributed by atoms with E-state index in [4.69, 9.17) is 12.3 Å². The molecule has 0 saturated heterocycles. The summed E-state index contributed by atoms with van der Waals surface area (Å²) >= 11 is 0. The molecule has 0 fully saturated rings. The Balaban J connectivity index is 4.19. The van der Waals surface area contributed by atoms with Crippen molar-refractivity contribution >= 4 is 37.4 Å². The molecule has 0 spiro atoms. The van der Waals surface area contributed by atoms with Crippen LogP contribution in [0.15, 0.2) is 12.3 Å². The maximum atomic E-state index is 5.98. The lowest BCUT2D eigenvalue weighted by Crippen LogP contribution is -2.47. The maximum Gasteiger partial charge on any atom is 0.341 e. The van der Waals surface area contributed by atoms with Gasteiger partial charge in [0, 0.05) is 0 Å². The molecule has 1 atom stereocenters. The van der Waals surface area contributed by atoms with Gasteiger partial charge in [-0.05, 0) is 26.2 Å². The smallest absolute Gasteiger partial charge is 0.341 e. The molecule has 13 heavy (non-hydrogen) atoms. The predicted molar refractivity (Wildman–Crippen MR) is 66.9 cm³/mol. The lowest BCUT2D eigenvalue weighted by molar-refractivity contribution is 0.383. The standard InChI is InChI=1S/C6H20O3Si4/c1-6-13(5,8-11-7-10)9-12(2,3)4/h6H,1,11H2,2-5,10H3. The van der Waals surface area contributed by atoms with Crippen LogP contribution in [0.2, 0.25) is 26.2 Å². The molecule has 7 heteroatoms. The van der Waals surface area contributed by atoms with Crippen LogP contribution in [0, 0.1) is 0 Å². The highest BCUT2D eigenvalue weighted by atomic mass is 28.5. The van der Waals surface area contributed by atoms with Crippen molar-refractivity contribution in [3.05, 3.63) is 12.3 Å². The van der Waals surface area contributed by atoms with Crippen molar-refractivity contribution in [2.75, 3.05) is 0 Å². The molecule has 1 unspecified atom stereocenters. The van der Waals surface area contributed by atoms with E-state index in [1.54, 1.807) is 0 Å². The molecule has 0 aromatic carbocycles. The minimum atomic E-state index is -2.10. The van der Waals surface area contributed by atoms with E-state index in [2.05, 4.69) is 26.2 Å². The molecular weight excluding hydrogens is 232 g/mol. The summed E-state index contributed by atoms with van der Waals surface area (Å²) < 4.78 is 16.8. The molecule has 0 rings (SSSR count). The average molecular weight is 253 g/mol. The number of hydrogen-bond donors (Lipinski definition) is 0. The molecule has 0 N–H and O–H groups in total. The Kier molecular flexibility index (Phi) is 5.59. The molecule has 0 aliphatic rings. The lowest BCUT2D eigenvalue weighted by atomic mass is 11.3. The summed E-state index contributed by atoms with van der Waals surface area (Å²) in [4.78, 5) is 0. The first-order chi connectivity index (χ1) is 5.83. The quantitative estimate of drug-likeness (QED) is 0.621. The number of rotatable bonds is 6. The fraction of sp³-hybridized carbons (Fsp3) is 0.667. The first-order valence-corrected chi connectivity index (χ1v) is 12.1. The second-order valence-electron chi connectivity index (χ2n) is 3.99. The van der Waals surface area contributed by atoms with E-state index in [0.29, 0.717) is 0 Å². The van der Waals surface area contributed by atoms with Crippen LogP contribution in [0.1, 0.15) is 0 Å². The Morgan fingerprint density at radius 2 is 1.85 bits per heavy atom. The maximum absolute atomic E-state index is 5.98. The topological polar surface area (TPSA) is 27.7 Å². The summed E-state index contributed by atoms with van der Waals surface area (Å²) in [6.07, 6.45) is 0. The third kappa shape index (κ3) is 6.54. The third-order valence-electron chi connectivity index (χ3n) is 1.34. The summed E-state index contributed by atoms with van der Waals surface area (Å²) in [6, 6.07) is 0. The minimum Gasteiger partial charge on any atom is -0.449 e. The molecule has 3 nitrogen and oxygen atoms in total. The fourth-order valence-corrected chi connectivity index (χ4v) is 9.82. The van der Waals surface area contributed by atoms with Crippen molar-refractivity contribution in [2.45, 2.75) is 26.2 Å². The summed E-state index contributed by atoms with van der Waals surface area (Å²) in [7, 11) is -3.67. The van der Waals surface area contributed by atoms with Gasteiger partial charge in [0.25, 0.3) is 10.0 Å². The van der Waals surface area contributed by atoms with Gasteiger partial charge in [0.15, 0.2) is 8.32 Å². The largest absolute Gasteiger partial charge is 0.449 e. The normalized spacial score (nSPS) is 17.8. The Hall–Kier alpha value is 0.488. The lowest BCUT2D eigenvalue weighted by Gasteiger charge is -2.31. The van der Waals surface area contributed by atoms with Crippen LogP contribution in [0.4, 0.5) is 0 Å². The monoisotopic (exact) mass is 252 g/mol. The Morgan fingerprint density at radius 3 is 2.15 bits per heavy atom. The summed E-state index contributed by atoms with van der Waals surface area (Å²) in [5, 5.41) is 0. The Bertz CT molecular complexity index is 170. The van der Waals surface area contributed by atoms with Gasteiger partial charge >= 0.3 is 8.56 Å². The first-order valence-electron chi connectivity index (χ1n) is 4.29. The average Bonchev–Trinajstić information content (AvgIpc) is 1.98. The summed E-state index contributed by atoms with van der Waals surface area (Å²) in [5.41, 5.74) is 1.85. The van der Waals surface area contributed by atoms with Crippen molar-refractivity contribution in [1.82, 2.24) is 0 Å². The van der Waals surface area contributed by atoms with E-state index in [0.717, 1.165) is 10.5 Å². The molecule has 0 aliphatic heterocycles. The molecule has 0 heterocycles. The molecule has 0 bridgehead atoms. The SMILES string of the molecule is C=C[Si](C)(O[SiH2]O[SiH3])O[Si](C)(C)C. The van der Waals surface area contributed by atoms with Crippen LogP contribution >= 0.6 is 0 Å². The number of hydrogen-bond acceptors (Lipinski definition) is 3. The zero-order valence-corrected chi connectivity index (χ0v) is 14.6. The van der Waals surface area contributed by atoms with Gasteiger partial charge in [0.1, 0.15) is 10.5 Å². The Labute approximate surface area is 88.5 Å². The molecule has 0 aromatic rings. The molecule has 0 saturated carbocycles. The van der Waals surface area contributed by atoms with Crippen molar-refractivity contribution in [3.8, 4) is 0 Å². The van der Waals surface area contributed by atoms with E-state index in [-0.39, 0.29) is 0 Å². The predicted octanol–water partition coefficient (Wildman–Crippen LogP) is -0.0525. The van der Waals surface area contributed by atoms with Gasteiger partial charge in [-0.25, -0.2) is 0 Å². The van der Waals surface area contributed by atoms with Crippen molar-refractivity contribution < 1.29 is 12.3 Å². The molecular formula is C6H20O3Si4. The highest BCUT2D eigenvalue weighted by Crippen LogP contribution is 2.15. The van der Waals surface area contributed by atoms with Gasteiger partial charge in [-0.3, -0.25) is 0 Å². The van der Waals surface area contributed by atoms with Crippen molar-refractivity contribution in [1.29, 1.82) is 0 Å². The third-order valence-corrected chi connectivity index (χ3v) is 9.86. The van der Waals surface area contributed by atoms with Crippen molar-refractivity contribution in [3.63, 3.8) is 0 Å². The fourth-order valence-electron chi connectivity index (χ4n) is 0.914. The van der Waals surface area contributed by atoms with Gasteiger partial charge in [-0.2, -0.15) is 0 Å². The summed E-state index contributed by atoms with van der Waals surface area (Å²) in [6.45, 7) is 12.3. The van der Waals surface area contributed by atoms with Crippen LogP contribution in [-0.2, 0) is 12.3 Å². The van der Waals surface area contributed by atoms with E-state index >= 15 is 0 Å². The summed E-state index contributed by atoms with van der Waals surface area (Å²) in [5.74, 6) is 0. The van der Waals surface area contributed by atoms with E-state index in [1.165, 1.54) is 0 Å². The van der Waals surface area contributed by atoms with Gasteiger partial charge in [0.2, 0.25) is 0 Å². The van der Waals surface area contributed by atoms with Gasteiger partial charge < -0.3 is 12.3 Å². The zero-order chi connectivity index (χ0) is 10.5. The molecule has 0 aliphatic carbocycles. The highest BCUT2D eigenvalue weighted by molar-refractivity contribution is 6.85. The van der Waals surface area contributed by atoms with Gasteiger partial charge in [-0.15, -0.1) is 6.58 Å². The van der Waals surface area contributed by atoms with Crippen LogP contribution in [0.3, 0.4) is 0 Å². The highest BCUT2D eigenvalue weighted by Gasteiger charge is 2.33. The van der Waals surface area contributed by atoms with E-state index < -0.39 is 26.9 Å². The molecule has 0 aromatic heterocycles. The van der Waals surface area contributed by atoms with Crippen LogP contribution < -0.4 is 0 Å². The zero-order valence-electron chi connectivity index (χ0n) is 9.22. The van der Waals surface area contributed by atoms with Crippen LogP contribution in [0.25, 0.3) is 0 Å². The van der Waals surface area contributed by atoms with E-state index in [1.807, 2.05) is 12.2 Å². The van der Waals surface area contributed by atoms with E-state index in [9.17, 15) is 0 Å². The second kappa shape index (κ2) is 5.39. The Morgan fingerprint density at radius 1 is 1.31 bits per heavy atom. The van der Waals surface area contributed by atoms with Crippen LogP contribution in [-0.4, -0.2) is 37.4 Å². The van der Waals surface area contributed by atoms with Gasteiger partial charge in [0.05, 0.1) is 0 Å². The first kappa shape index (κ1) is 13.5. The molecule has 78 valence electrons. The molecule has 0 radical (unpaired) electrons. The minimum absolute atomic E-state index is 0.757. The van der Waals surface area contributed by atoms with Gasteiger partial charge in [-0.1, -0.05) is 5.70 Å².